The molecule has 0 aliphatic carbocycles. The summed E-state index contributed by atoms with van der Waals surface area (Å²) < 4.78 is 4.65. The van der Waals surface area contributed by atoms with Crippen molar-refractivity contribution < 1.29 is 19.1 Å². The number of amides is 1. The highest BCUT2D eigenvalue weighted by atomic mass is 16.4. The highest BCUT2D eigenvalue weighted by Crippen LogP contribution is 2.09. The van der Waals surface area contributed by atoms with Crippen LogP contribution in [0.2, 0.25) is 0 Å². The molecule has 0 fully saturated rings. The van der Waals surface area contributed by atoms with Crippen molar-refractivity contribution in [3.63, 3.8) is 0 Å². The predicted octanol–water partition coefficient (Wildman–Crippen LogP) is 1.61. The van der Waals surface area contributed by atoms with Crippen molar-refractivity contribution in [2.75, 3.05) is 7.05 Å². The molecule has 0 aliphatic rings. The maximum absolute atomic E-state index is 12.1. The standard InChI is InChI=1S/C15H13NO5/c1-16(14(18)12-6-7-13(17)21-9-12)8-10-2-4-11(5-3-10)15(19)20/h2-7,9H,8H2,1H3,(H,19,20). The van der Waals surface area contributed by atoms with Gasteiger partial charge < -0.3 is 14.4 Å². The van der Waals surface area contributed by atoms with E-state index in [0.717, 1.165) is 11.8 Å². The molecular weight excluding hydrogens is 274 g/mol. The Kier molecular flexibility index (Phi) is 4.18. The molecule has 0 unspecified atom stereocenters. The Labute approximate surface area is 120 Å². The van der Waals surface area contributed by atoms with Crippen LogP contribution in [0.3, 0.4) is 0 Å². The van der Waals surface area contributed by atoms with Crippen LogP contribution in [0, 0.1) is 0 Å². The molecular formula is C15H13NO5. The fraction of sp³-hybridized carbons (Fsp3) is 0.133. The van der Waals surface area contributed by atoms with Gasteiger partial charge in [-0.25, -0.2) is 9.59 Å². The summed E-state index contributed by atoms with van der Waals surface area (Å²) in [5.74, 6) is -1.29. The lowest BCUT2D eigenvalue weighted by molar-refractivity contribution is 0.0695. The minimum absolute atomic E-state index is 0.192. The highest BCUT2D eigenvalue weighted by Gasteiger charge is 2.13. The van der Waals surface area contributed by atoms with Crippen LogP contribution >= 0.6 is 0 Å². The van der Waals surface area contributed by atoms with E-state index in [-0.39, 0.29) is 17.0 Å². The van der Waals surface area contributed by atoms with Crippen LogP contribution in [0.1, 0.15) is 26.3 Å². The molecule has 1 heterocycles. The van der Waals surface area contributed by atoms with Crippen molar-refractivity contribution in [3.05, 3.63) is 69.8 Å². The second-order valence-electron chi connectivity index (χ2n) is 4.51. The zero-order chi connectivity index (χ0) is 15.4. The molecule has 0 bridgehead atoms. The molecule has 0 spiro atoms. The van der Waals surface area contributed by atoms with E-state index in [1.165, 1.54) is 29.2 Å². The predicted molar refractivity (Wildman–Crippen MR) is 74.2 cm³/mol. The Morgan fingerprint density at radius 1 is 1.10 bits per heavy atom. The molecule has 1 aromatic heterocycles. The van der Waals surface area contributed by atoms with E-state index in [1.54, 1.807) is 19.2 Å². The Morgan fingerprint density at radius 2 is 1.71 bits per heavy atom. The van der Waals surface area contributed by atoms with E-state index in [2.05, 4.69) is 4.42 Å². The van der Waals surface area contributed by atoms with Crippen molar-refractivity contribution in [1.82, 2.24) is 4.90 Å². The summed E-state index contributed by atoms with van der Waals surface area (Å²) in [5, 5.41) is 8.82. The quantitative estimate of drug-likeness (QED) is 0.923. The average Bonchev–Trinajstić information content (AvgIpc) is 2.47. The molecule has 21 heavy (non-hydrogen) atoms. The molecule has 1 amide bonds. The van der Waals surface area contributed by atoms with Gasteiger partial charge in [0.25, 0.3) is 5.91 Å². The summed E-state index contributed by atoms with van der Waals surface area (Å²) in [5.41, 5.74) is 0.753. The van der Waals surface area contributed by atoms with Crippen LogP contribution in [-0.2, 0) is 6.54 Å². The summed E-state index contributed by atoms with van der Waals surface area (Å²) in [7, 11) is 1.61. The smallest absolute Gasteiger partial charge is 0.335 e. The summed E-state index contributed by atoms with van der Waals surface area (Å²) in [6, 6.07) is 8.85. The summed E-state index contributed by atoms with van der Waals surface area (Å²) in [6.07, 6.45) is 1.12. The Bertz CT molecular complexity index is 697. The minimum Gasteiger partial charge on any atom is -0.478 e. The molecule has 0 atom stereocenters. The second kappa shape index (κ2) is 6.04. The fourth-order valence-electron chi connectivity index (χ4n) is 1.80. The van der Waals surface area contributed by atoms with Gasteiger partial charge in [-0.05, 0) is 23.8 Å². The molecule has 108 valence electrons. The maximum atomic E-state index is 12.1. The Balaban J connectivity index is 2.08. The van der Waals surface area contributed by atoms with E-state index >= 15 is 0 Å². The zero-order valence-corrected chi connectivity index (χ0v) is 11.3. The van der Waals surface area contributed by atoms with Gasteiger partial charge in [-0.2, -0.15) is 0 Å². The molecule has 0 aliphatic heterocycles. The SMILES string of the molecule is CN(Cc1ccc(C(=O)O)cc1)C(=O)c1ccc(=O)oc1. The van der Waals surface area contributed by atoms with E-state index in [9.17, 15) is 14.4 Å². The molecule has 1 N–H and O–H groups in total. The second-order valence-corrected chi connectivity index (χ2v) is 4.51. The van der Waals surface area contributed by atoms with Gasteiger partial charge in [0.1, 0.15) is 6.26 Å². The zero-order valence-electron chi connectivity index (χ0n) is 11.3. The fourth-order valence-corrected chi connectivity index (χ4v) is 1.80. The Morgan fingerprint density at radius 3 is 2.24 bits per heavy atom. The summed E-state index contributed by atoms with van der Waals surface area (Å²) >= 11 is 0. The highest BCUT2D eigenvalue weighted by molar-refractivity contribution is 5.93. The number of benzene rings is 1. The van der Waals surface area contributed by atoms with E-state index in [1.807, 2.05) is 0 Å². The third-order valence-electron chi connectivity index (χ3n) is 2.92. The van der Waals surface area contributed by atoms with E-state index < -0.39 is 11.6 Å². The Hall–Kier alpha value is -2.89. The van der Waals surface area contributed by atoms with Gasteiger partial charge in [0.15, 0.2) is 0 Å². The normalized spacial score (nSPS) is 10.1. The first-order valence-corrected chi connectivity index (χ1v) is 6.14. The number of hydrogen-bond acceptors (Lipinski definition) is 4. The van der Waals surface area contributed by atoms with Gasteiger partial charge >= 0.3 is 11.6 Å². The van der Waals surface area contributed by atoms with Crippen molar-refractivity contribution in [1.29, 1.82) is 0 Å². The van der Waals surface area contributed by atoms with Gasteiger partial charge in [0.2, 0.25) is 0 Å². The van der Waals surface area contributed by atoms with Gasteiger partial charge in [-0.3, -0.25) is 4.79 Å². The average molecular weight is 287 g/mol. The first-order chi connectivity index (χ1) is 9.97. The van der Waals surface area contributed by atoms with Crippen LogP contribution < -0.4 is 5.63 Å². The van der Waals surface area contributed by atoms with Crippen LogP contribution in [0.5, 0.6) is 0 Å². The molecule has 2 aromatic rings. The first-order valence-electron chi connectivity index (χ1n) is 6.14. The number of carboxylic acids is 1. The topological polar surface area (TPSA) is 87.8 Å². The number of carbonyl (C=O) groups is 2. The van der Waals surface area contributed by atoms with Crippen molar-refractivity contribution >= 4 is 11.9 Å². The number of hydrogen-bond donors (Lipinski definition) is 1. The molecule has 0 saturated carbocycles. The van der Waals surface area contributed by atoms with Crippen LogP contribution in [0.25, 0.3) is 0 Å². The van der Waals surface area contributed by atoms with Gasteiger partial charge in [0, 0.05) is 19.7 Å². The number of rotatable bonds is 4. The van der Waals surface area contributed by atoms with Crippen LogP contribution in [-0.4, -0.2) is 28.9 Å². The molecule has 0 radical (unpaired) electrons. The maximum Gasteiger partial charge on any atom is 0.335 e. The molecule has 6 heteroatoms. The van der Waals surface area contributed by atoms with Crippen LogP contribution in [0.4, 0.5) is 0 Å². The molecule has 0 saturated heterocycles. The van der Waals surface area contributed by atoms with Crippen molar-refractivity contribution in [2.24, 2.45) is 0 Å². The third kappa shape index (κ3) is 3.56. The lowest BCUT2D eigenvalue weighted by Gasteiger charge is -2.17. The number of carbonyl (C=O) groups excluding carboxylic acids is 1. The van der Waals surface area contributed by atoms with Gasteiger partial charge in [0.05, 0.1) is 11.1 Å². The summed E-state index contributed by atoms with van der Waals surface area (Å²) in [4.78, 5) is 35.2. The monoisotopic (exact) mass is 287 g/mol. The largest absolute Gasteiger partial charge is 0.478 e. The molecule has 6 nitrogen and oxygen atoms in total. The number of aromatic carboxylic acids is 1. The third-order valence-corrected chi connectivity index (χ3v) is 2.92. The molecule has 2 rings (SSSR count). The van der Waals surface area contributed by atoms with Crippen molar-refractivity contribution in [3.8, 4) is 0 Å². The summed E-state index contributed by atoms with van der Waals surface area (Å²) in [6.45, 7) is 0.317. The minimum atomic E-state index is -0.995. The van der Waals surface area contributed by atoms with E-state index in [0.29, 0.717) is 6.54 Å². The van der Waals surface area contributed by atoms with Gasteiger partial charge in [-0.1, -0.05) is 12.1 Å². The van der Waals surface area contributed by atoms with Gasteiger partial charge in [-0.15, -0.1) is 0 Å². The lowest BCUT2D eigenvalue weighted by Crippen LogP contribution is -2.26. The number of carboxylic acid groups (broad SMARTS) is 1. The lowest BCUT2D eigenvalue weighted by atomic mass is 10.1. The molecule has 1 aromatic carbocycles. The van der Waals surface area contributed by atoms with E-state index in [4.69, 9.17) is 5.11 Å². The van der Waals surface area contributed by atoms with Crippen LogP contribution in [0.15, 0.2) is 51.9 Å². The number of nitrogens with zero attached hydrogens (tertiary/aromatic N) is 1. The van der Waals surface area contributed by atoms with Crippen molar-refractivity contribution in [2.45, 2.75) is 6.54 Å². The first kappa shape index (κ1) is 14.5.